The quantitative estimate of drug-likeness (QED) is 0.693. The van der Waals surface area contributed by atoms with Crippen molar-refractivity contribution in [2.45, 2.75) is 26.7 Å². The molecule has 1 aliphatic rings. The molecule has 0 spiro atoms. The summed E-state index contributed by atoms with van der Waals surface area (Å²) < 4.78 is 5.68. The van der Waals surface area contributed by atoms with E-state index < -0.39 is 5.41 Å². The van der Waals surface area contributed by atoms with E-state index >= 15 is 0 Å². The van der Waals surface area contributed by atoms with Crippen molar-refractivity contribution in [2.75, 3.05) is 5.75 Å². The first-order valence-corrected chi connectivity index (χ1v) is 9.28. The van der Waals surface area contributed by atoms with E-state index in [2.05, 4.69) is 38.1 Å². The molecule has 3 rings (SSSR count). The van der Waals surface area contributed by atoms with Crippen LogP contribution in [-0.4, -0.2) is 11.7 Å². The maximum atomic E-state index is 12.9. The molecule has 2 aromatic carbocycles. The van der Waals surface area contributed by atoms with E-state index in [1.54, 1.807) is 11.8 Å². The summed E-state index contributed by atoms with van der Waals surface area (Å²) in [5.74, 6) is 0.774. The average molecular weight is 338 g/mol. The maximum absolute atomic E-state index is 12.9. The zero-order valence-corrected chi connectivity index (χ0v) is 14.9. The number of thioether (sulfide) groups is 1. The number of rotatable bonds is 6. The zero-order valence-electron chi connectivity index (χ0n) is 14.1. The molecule has 3 heteroatoms. The van der Waals surface area contributed by atoms with Crippen molar-refractivity contribution < 1.29 is 9.53 Å². The van der Waals surface area contributed by atoms with Gasteiger partial charge in [0.05, 0.1) is 0 Å². The summed E-state index contributed by atoms with van der Waals surface area (Å²) in [6.07, 6.45) is 1.34. The maximum Gasteiger partial charge on any atom is 0.322 e. The van der Waals surface area contributed by atoms with E-state index in [0.717, 1.165) is 27.5 Å². The highest BCUT2D eigenvalue weighted by Crippen LogP contribution is 2.46. The van der Waals surface area contributed by atoms with Crippen molar-refractivity contribution in [3.05, 3.63) is 82.5 Å². The summed E-state index contributed by atoms with van der Waals surface area (Å²) in [5, 5.41) is 0.786. The SMILES string of the molecule is CCSC1=C(C)C(Cc2ccccc2)(Cc2ccccc2)C(=O)O1. The second-order valence-corrected chi connectivity index (χ2v) is 7.38. The van der Waals surface area contributed by atoms with Crippen molar-refractivity contribution in [1.29, 1.82) is 0 Å². The molecule has 0 saturated heterocycles. The molecule has 0 N–H and O–H groups in total. The van der Waals surface area contributed by atoms with Gasteiger partial charge in [-0.05, 0) is 42.2 Å². The molecule has 24 heavy (non-hydrogen) atoms. The molecule has 0 saturated carbocycles. The molecular weight excluding hydrogens is 316 g/mol. The van der Waals surface area contributed by atoms with Gasteiger partial charge in [-0.1, -0.05) is 79.3 Å². The van der Waals surface area contributed by atoms with Crippen molar-refractivity contribution >= 4 is 17.7 Å². The summed E-state index contributed by atoms with van der Waals surface area (Å²) in [4.78, 5) is 12.9. The molecule has 0 fully saturated rings. The third kappa shape index (κ3) is 3.27. The van der Waals surface area contributed by atoms with Crippen LogP contribution in [0.1, 0.15) is 25.0 Å². The summed E-state index contributed by atoms with van der Waals surface area (Å²) in [6.45, 7) is 4.13. The molecule has 0 unspecified atom stereocenters. The van der Waals surface area contributed by atoms with E-state index in [-0.39, 0.29) is 5.97 Å². The monoisotopic (exact) mass is 338 g/mol. The standard InChI is InChI=1S/C21H22O2S/c1-3-24-19-16(2)21(20(22)23-19,14-17-10-6-4-7-11-17)15-18-12-8-5-9-13-18/h4-13H,3,14-15H2,1-2H3. The Morgan fingerprint density at radius 3 is 1.88 bits per heavy atom. The molecule has 0 amide bonds. The van der Waals surface area contributed by atoms with Gasteiger partial charge in [0.1, 0.15) is 5.41 Å². The topological polar surface area (TPSA) is 26.3 Å². The average Bonchev–Trinajstić information content (AvgIpc) is 2.82. The van der Waals surface area contributed by atoms with Crippen LogP contribution in [-0.2, 0) is 22.4 Å². The molecule has 124 valence electrons. The van der Waals surface area contributed by atoms with Gasteiger partial charge in [-0.15, -0.1) is 0 Å². The van der Waals surface area contributed by atoms with E-state index in [9.17, 15) is 4.79 Å². The van der Waals surface area contributed by atoms with Crippen LogP contribution < -0.4 is 0 Å². The molecule has 2 aromatic rings. The van der Waals surface area contributed by atoms with Gasteiger partial charge in [0.15, 0.2) is 5.09 Å². The molecular formula is C21H22O2S. The Balaban J connectivity index is 2.02. The molecule has 0 atom stereocenters. The molecule has 1 heterocycles. The summed E-state index contributed by atoms with van der Waals surface area (Å²) >= 11 is 1.61. The van der Waals surface area contributed by atoms with Gasteiger partial charge in [0.2, 0.25) is 0 Å². The van der Waals surface area contributed by atoms with Crippen LogP contribution >= 0.6 is 11.8 Å². The molecule has 1 aliphatic heterocycles. The lowest BCUT2D eigenvalue weighted by Crippen LogP contribution is -2.34. The molecule has 0 aromatic heterocycles. The summed E-state index contributed by atoms with van der Waals surface area (Å²) in [7, 11) is 0. The number of carbonyl (C=O) groups excluding carboxylic acids is 1. The second kappa shape index (κ2) is 7.27. The van der Waals surface area contributed by atoms with Crippen molar-refractivity contribution in [3.63, 3.8) is 0 Å². The number of hydrogen-bond donors (Lipinski definition) is 0. The Hall–Kier alpha value is -2.00. The van der Waals surface area contributed by atoms with Crippen LogP contribution in [0.3, 0.4) is 0 Å². The van der Waals surface area contributed by atoms with E-state index in [0.29, 0.717) is 12.8 Å². The lowest BCUT2D eigenvalue weighted by atomic mass is 9.72. The Kier molecular flexibility index (Phi) is 5.10. The lowest BCUT2D eigenvalue weighted by molar-refractivity contribution is -0.144. The minimum absolute atomic E-state index is 0.122. The van der Waals surface area contributed by atoms with Gasteiger partial charge in [-0.25, -0.2) is 0 Å². The smallest absolute Gasteiger partial charge is 0.322 e. The van der Waals surface area contributed by atoms with Crippen LogP contribution in [0.2, 0.25) is 0 Å². The number of benzene rings is 2. The van der Waals surface area contributed by atoms with Crippen molar-refractivity contribution in [3.8, 4) is 0 Å². The normalized spacial score (nSPS) is 16.3. The van der Waals surface area contributed by atoms with E-state index in [1.165, 1.54) is 0 Å². The van der Waals surface area contributed by atoms with Crippen LogP contribution in [0.25, 0.3) is 0 Å². The van der Waals surface area contributed by atoms with Crippen LogP contribution in [0.5, 0.6) is 0 Å². The van der Waals surface area contributed by atoms with Gasteiger partial charge in [-0.3, -0.25) is 4.79 Å². The van der Waals surface area contributed by atoms with Gasteiger partial charge in [0, 0.05) is 0 Å². The van der Waals surface area contributed by atoms with Crippen LogP contribution in [0.4, 0.5) is 0 Å². The summed E-state index contributed by atoms with van der Waals surface area (Å²) in [5.41, 5.74) is 2.77. The summed E-state index contributed by atoms with van der Waals surface area (Å²) in [6, 6.07) is 20.4. The molecule has 0 radical (unpaired) electrons. The second-order valence-electron chi connectivity index (χ2n) is 6.14. The number of cyclic esters (lactones) is 1. The highest BCUT2D eigenvalue weighted by Gasteiger charge is 2.48. The predicted molar refractivity (Wildman–Crippen MR) is 99.6 cm³/mol. The molecule has 0 aliphatic carbocycles. The van der Waals surface area contributed by atoms with Gasteiger partial charge in [0.25, 0.3) is 0 Å². The fraction of sp³-hybridized carbons (Fsp3) is 0.286. The van der Waals surface area contributed by atoms with Crippen LogP contribution in [0.15, 0.2) is 71.3 Å². The van der Waals surface area contributed by atoms with Gasteiger partial charge >= 0.3 is 5.97 Å². The molecule has 0 bridgehead atoms. The Morgan fingerprint density at radius 1 is 0.917 bits per heavy atom. The zero-order chi connectivity index (χ0) is 17.0. The highest BCUT2D eigenvalue weighted by molar-refractivity contribution is 8.02. The minimum Gasteiger partial charge on any atom is -0.419 e. The number of esters is 1. The van der Waals surface area contributed by atoms with Crippen molar-refractivity contribution in [2.24, 2.45) is 5.41 Å². The van der Waals surface area contributed by atoms with Gasteiger partial charge < -0.3 is 4.74 Å². The largest absolute Gasteiger partial charge is 0.419 e. The Labute approximate surface area is 147 Å². The lowest BCUT2D eigenvalue weighted by Gasteiger charge is -2.27. The third-order valence-corrected chi connectivity index (χ3v) is 5.51. The highest BCUT2D eigenvalue weighted by atomic mass is 32.2. The van der Waals surface area contributed by atoms with E-state index in [1.807, 2.05) is 36.4 Å². The van der Waals surface area contributed by atoms with Crippen LogP contribution in [0, 0.1) is 5.41 Å². The fourth-order valence-electron chi connectivity index (χ4n) is 3.24. The first kappa shape index (κ1) is 16.8. The van der Waals surface area contributed by atoms with Gasteiger partial charge in [-0.2, -0.15) is 0 Å². The molecule has 2 nitrogen and oxygen atoms in total. The van der Waals surface area contributed by atoms with Crippen molar-refractivity contribution in [1.82, 2.24) is 0 Å². The number of carbonyl (C=O) groups is 1. The third-order valence-electron chi connectivity index (χ3n) is 4.57. The minimum atomic E-state index is -0.611. The first-order chi connectivity index (χ1) is 11.7. The Morgan fingerprint density at radius 2 is 1.42 bits per heavy atom. The first-order valence-electron chi connectivity index (χ1n) is 8.30. The number of hydrogen-bond acceptors (Lipinski definition) is 3. The van der Waals surface area contributed by atoms with E-state index in [4.69, 9.17) is 4.74 Å². The number of ether oxygens (including phenoxy) is 1. The Bertz CT molecular complexity index is 693. The predicted octanol–water partition coefficient (Wildman–Crippen LogP) is 5.00. The fourth-order valence-corrected chi connectivity index (χ4v) is 4.05.